The van der Waals surface area contributed by atoms with Crippen LogP contribution in [0.4, 0.5) is 0 Å². The van der Waals surface area contributed by atoms with Crippen LogP contribution < -0.4 is 5.90 Å². The zero-order valence-electron chi connectivity index (χ0n) is 9.11. The molecule has 1 rings (SSSR count). The zero-order valence-corrected chi connectivity index (χ0v) is 9.11. The lowest BCUT2D eigenvalue weighted by atomic mass is 9.84. The molecule has 0 radical (unpaired) electrons. The number of hydrogen-bond donors (Lipinski definition) is 1. The lowest BCUT2D eigenvalue weighted by molar-refractivity contribution is -0.245. The van der Waals surface area contributed by atoms with Crippen LogP contribution in [0.15, 0.2) is 24.3 Å². The van der Waals surface area contributed by atoms with Gasteiger partial charge < -0.3 is 0 Å². The van der Waals surface area contributed by atoms with E-state index in [1.807, 2.05) is 32.9 Å². The lowest BCUT2D eigenvalue weighted by Crippen LogP contribution is -2.19. The third-order valence-electron chi connectivity index (χ3n) is 2.08. The molecule has 0 aliphatic heterocycles. The first-order chi connectivity index (χ1) is 6.96. The van der Waals surface area contributed by atoms with Gasteiger partial charge in [-0.25, -0.2) is 4.79 Å². The van der Waals surface area contributed by atoms with Crippen molar-refractivity contribution in [3.63, 3.8) is 0 Å². The minimum Gasteiger partial charge on any atom is -0.275 e. The van der Waals surface area contributed by atoms with E-state index >= 15 is 0 Å². The van der Waals surface area contributed by atoms with E-state index in [1.165, 1.54) is 0 Å². The summed E-state index contributed by atoms with van der Waals surface area (Å²) in [5.74, 6) is 4.10. The highest BCUT2D eigenvalue weighted by Gasteiger charge is 2.22. The largest absolute Gasteiger partial charge is 0.375 e. The smallest absolute Gasteiger partial charge is 0.275 e. The van der Waals surface area contributed by atoms with Crippen LogP contribution >= 0.6 is 0 Å². The second-order valence-corrected chi connectivity index (χ2v) is 4.26. The molecule has 0 saturated carbocycles. The molecule has 1 aromatic carbocycles. The average Bonchev–Trinajstić information content (AvgIpc) is 2.17. The van der Waals surface area contributed by atoms with E-state index < -0.39 is 5.97 Å². The molecule has 2 N–H and O–H groups in total. The first kappa shape index (κ1) is 11.7. The molecule has 0 aliphatic rings. The molecule has 4 heteroatoms. The van der Waals surface area contributed by atoms with Crippen molar-refractivity contribution in [1.29, 1.82) is 0 Å². The molecule has 0 amide bonds. The van der Waals surface area contributed by atoms with Crippen molar-refractivity contribution >= 4 is 5.97 Å². The fourth-order valence-electron chi connectivity index (χ4n) is 1.40. The number of benzene rings is 1. The predicted octanol–water partition coefficient (Wildman–Crippen LogP) is 1.95. The summed E-state index contributed by atoms with van der Waals surface area (Å²) >= 11 is 0. The number of carbonyl (C=O) groups is 1. The molecule has 0 unspecified atom stereocenters. The van der Waals surface area contributed by atoms with Crippen LogP contribution in [0.3, 0.4) is 0 Å². The molecule has 0 atom stereocenters. The molecule has 0 saturated heterocycles. The number of rotatable bonds is 2. The number of nitrogens with two attached hydrogens (primary N) is 1. The Hall–Kier alpha value is -1.39. The van der Waals surface area contributed by atoms with Gasteiger partial charge in [-0.3, -0.25) is 4.89 Å². The summed E-state index contributed by atoms with van der Waals surface area (Å²) in [6, 6.07) is 7.21. The van der Waals surface area contributed by atoms with Gasteiger partial charge in [0.05, 0.1) is 5.56 Å². The maximum atomic E-state index is 11.5. The third kappa shape index (κ3) is 2.78. The van der Waals surface area contributed by atoms with Gasteiger partial charge in [-0.2, -0.15) is 5.90 Å². The van der Waals surface area contributed by atoms with E-state index in [9.17, 15) is 4.79 Å². The van der Waals surface area contributed by atoms with E-state index in [1.54, 1.807) is 12.1 Å². The van der Waals surface area contributed by atoms with E-state index in [0.717, 1.165) is 5.56 Å². The van der Waals surface area contributed by atoms with Crippen LogP contribution in [0.5, 0.6) is 0 Å². The molecule has 0 aliphatic carbocycles. The molecule has 0 aromatic heterocycles. The first-order valence-corrected chi connectivity index (χ1v) is 4.64. The minimum atomic E-state index is -0.581. The van der Waals surface area contributed by atoms with Crippen LogP contribution in [0.1, 0.15) is 36.7 Å². The molecule has 0 heterocycles. The quantitative estimate of drug-likeness (QED) is 0.597. The second-order valence-electron chi connectivity index (χ2n) is 4.26. The summed E-state index contributed by atoms with van der Waals surface area (Å²) in [7, 11) is 0. The SMILES string of the molecule is CC(C)(C)c1ccccc1C(=O)OON. The highest BCUT2D eigenvalue weighted by atomic mass is 17.3. The van der Waals surface area contributed by atoms with Crippen molar-refractivity contribution in [3.05, 3.63) is 35.4 Å². The molecular formula is C11H15NO3. The minimum absolute atomic E-state index is 0.135. The van der Waals surface area contributed by atoms with Gasteiger partial charge in [0, 0.05) is 0 Å². The van der Waals surface area contributed by atoms with Gasteiger partial charge in [-0.05, 0) is 17.0 Å². The molecule has 0 bridgehead atoms. The monoisotopic (exact) mass is 209 g/mol. The van der Waals surface area contributed by atoms with Crippen LogP contribution in [0.2, 0.25) is 0 Å². The average molecular weight is 209 g/mol. The molecular weight excluding hydrogens is 194 g/mol. The van der Waals surface area contributed by atoms with Crippen LogP contribution in [-0.4, -0.2) is 5.97 Å². The Bertz CT molecular complexity index is 355. The zero-order chi connectivity index (χ0) is 11.5. The summed E-state index contributed by atoms with van der Waals surface area (Å²) in [5, 5.41) is 0. The summed E-state index contributed by atoms with van der Waals surface area (Å²) in [4.78, 5) is 19.7. The Balaban J connectivity index is 3.12. The van der Waals surface area contributed by atoms with Gasteiger partial charge in [-0.1, -0.05) is 44.0 Å². The van der Waals surface area contributed by atoms with Gasteiger partial charge in [-0.15, -0.1) is 0 Å². The van der Waals surface area contributed by atoms with E-state index in [2.05, 4.69) is 15.8 Å². The fourth-order valence-corrected chi connectivity index (χ4v) is 1.40. The van der Waals surface area contributed by atoms with Gasteiger partial charge >= 0.3 is 5.97 Å². The number of hydrogen-bond acceptors (Lipinski definition) is 4. The van der Waals surface area contributed by atoms with Crippen molar-refractivity contribution < 1.29 is 14.7 Å². The molecule has 82 valence electrons. The predicted molar refractivity (Wildman–Crippen MR) is 55.8 cm³/mol. The molecule has 0 fully saturated rings. The van der Waals surface area contributed by atoms with Crippen LogP contribution in [-0.2, 0) is 15.3 Å². The summed E-state index contributed by atoms with van der Waals surface area (Å²) in [5.41, 5.74) is 1.23. The summed E-state index contributed by atoms with van der Waals surface area (Å²) < 4.78 is 0. The maximum Gasteiger partial charge on any atom is 0.375 e. The normalized spacial score (nSPS) is 11.2. The maximum absolute atomic E-state index is 11.5. The van der Waals surface area contributed by atoms with Crippen LogP contribution in [0, 0.1) is 0 Å². The Morgan fingerprint density at radius 1 is 1.27 bits per heavy atom. The van der Waals surface area contributed by atoms with Gasteiger partial charge in [0.2, 0.25) is 0 Å². The third-order valence-corrected chi connectivity index (χ3v) is 2.08. The van der Waals surface area contributed by atoms with Crippen molar-refractivity contribution in [2.45, 2.75) is 26.2 Å². The Morgan fingerprint density at radius 3 is 2.40 bits per heavy atom. The molecule has 1 aromatic rings. The van der Waals surface area contributed by atoms with Crippen molar-refractivity contribution in [3.8, 4) is 0 Å². The second kappa shape index (κ2) is 4.42. The standard InChI is InChI=1S/C11H15NO3/c1-11(2,3)9-7-5-4-6-8(9)10(13)14-15-12/h4-7H,12H2,1-3H3. The number of carbonyl (C=O) groups excluding carboxylic acids is 1. The highest BCUT2D eigenvalue weighted by Crippen LogP contribution is 2.26. The van der Waals surface area contributed by atoms with E-state index in [-0.39, 0.29) is 5.41 Å². The Morgan fingerprint density at radius 2 is 1.87 bits per heavy atom. The molecule has 4 nitrogen and oxygen atoms in total. The Kier molecular flexibility index (Phi) is 3.44. The molecule has 15 heavy (non-hydrogen) atoms. The first-order valence-electron chi connectivity index (χ1n) is 4.64. The highest BCUT2D eigenvalue weighted by molar-refractivity contribution is 5.91. The van der Waals surface area contributed by atoms with Crippen molar-refractivity contribution in [2.24, 2.45) is 5.90 Å². The van der Waals surface area contributed by atoms with Gasteiger partial charge in [0.15, 0.2) is 0 Å². The van der Waals surface area contributed by atoms with Crippen molar-refractivity contribution in [2.75, 3.05) is 0 Å². The van der Waals surface area contributed by atoms with Gasteiger partial charge in [0.1, 0.15) is 0 Å². The summed E-state index contributed by atoms with van der Waals surface area (Å²) in [6.07, 6.45) is 0. The van der Waals surface area contributed by atoms with Crippen LogP contribution in [0.25, 0.3) is 0 Å². The van der Waals surface area contributed by atoms with Gasteiger partial charge in [0.25, 0.3) is 0 Å². The lowest BCUT2D eigenvalue weighted by Gasteiger charge is -2.21. The van der Waals surface area contributed by atoms with E-state index in [0.29, 0.717) is 5.56 Å². The van der Waals surface area contributed by atoms with E-state index in [4.69, 9.17) is 0 Å². The molecule has 0 spiro atoms. The topological polar surface area (TPSA) is 61.5 Å². The summed E-state index contributed by atoms with van der Waals surface area (Å²) in [6.45, 7) is 6.05. The fraction of sp³-hybridized carbons (Fsp3) is 0.364. The Labute approximate surface area is 88.9 Å². The van der Waals surface area contributed by atoms with Crippen molar-refractivity contribution in [1.82, 2.24) is 0 Å².